The fourth-order valence-corrected chi connectivity index (χ4v) is 9.33. The highest BCUT2D eigenvalue weighted by molar-refractivity contribution is 6.22. The van der Waals surface area contributed by atoms with Crippen LogP contribution in [-0.2, 0) is 6.42 Å². The van der Waals surface area contributed by atoms with Crippen molar-refractivity contribution in [2.75, 3.05) is 0 Å². The molecule has 252 valence electrons. The van der Waals surface area contributed by atoms with Crippen LogP contribution in [-0.4, -0.2) is 0 Å². The molecule has 11 rings (SSSR count). The minimum absolute atomic E-state index is 0.332. The summed E-state index contributed by atoms with van der Waals surface area (Å²) in [7, 11) is 0. The Balaban J connectivity index is 0.967. The molecule has 0 bridgehead atoms. The summed E-state index contributed by atoms with van der Waals surface area (Å²) in [6.45, 7) is 0. The molecule has 0 fully saturated rings. The summed E-state index contributed by atoms with van der Waals surface area (Å²) in [5.74, 6) is 0.332. The second kappa shape index (κ2) is 12.4. The van der Waals surface area contributed by atoms with E-state index in [0.29, 0.717) is 5.92 Å². The number of allylic oxidation sites excluding steroid dienone is 2. The monoisotopic (exact) mass is 684 g/mol. The van der Waals surface area contributed by atoms with Gasteiger partial charge in [0, 0.05) is 5.92 Å². The topological polar surface area (TPSA) is 0 Å². The van der Waals surface area contributed by atoms with Crippen molar-refractivity contribution in [2.24, 2.45) is 0 Å². The lowest BCUT2D eigenvalue weighted by Crippen LogP contribution is -2.05. The van der Waals surface area contributed by atoms with Crippen LogP contribution < -0.4 is 0 Å². The number of hydrogen-bond donors (Lipinski definition) is 0. The van der Waals surface area contributed by atoms with Crippen molar-refractivity contribution in [3.05, 3.63) is 216 Å². The molecular formula is C54H36. The van der Waals surface area contributed by atoms with Crippen LogP contribution in [0.5, 0.6) is 0 Å². The minimum atomic E-state index is 0.332. The number of hydrogen-bond acceptors (Lipinski definition) is 0. The molecule has 2 aliphatic carbocycles. The Morgan fingerprint density at radius 3 is 1.63 bits per heavy atom. The molecule has 0 spiro atoms. The smallest absolute Gasteiger partial charge is 0.0285 e. The molecular weight excluding hydrogens is 649 g/mol. The first-order valence-electron chi connectivity index (χ1n) is 19.0. The Morgan fingerprint density at radius 2 is 0.926 bits per heavy atom. The molecule has 2 aliphatic rings. The van der Waals surface area contributed by atoms with Crippen molar-refractivity contribution in [3.63, 3.8) is 0 Å². The van der Waals surface area contributed by atoms with E-state index < -0.39 is 0 Å². The van der Waals surface area contributed by atoms with Gasteiger partial charge in [-0.3, -0.25) is 0 Å². The first-order chi connectivity index (χ1) is 26.8. The largest absolute Gasteiger partial charge is 0.0832 e. The molecule has 0 saturated carbocycles. The average molecular weight is 685 g/mol. The summed E-state index contributed by atoms with van der Waals surface area (Å²) in [5, 5.41) is 7.75. The molecule has 0 aromatic heterocycles. The summed E-state index contributed by atoms with van der Waals surface area (Å²) in [4.78, 5) is 0. The van der Waals surface area contributed by atoms with Crippen LogP contribution in [0.2, 0.25) is 0 Å². The van der Waals surface area contributed by atoms with E-state index >= 15 is 0 Å². The van der Waals surface area contributed by atoms with E-state index in [-0.39, 0.29) is 0 Å². The predicted octanol–water partition coefficient (Wildman–Crippen LogP) is 14.5. The molecule has 0 heterocycles. The lowest BCUT2D eigenvalue weighted by molar-refractivity contribution is 0.990. The van der Waals surface area contributed by atoms with Crippen molar-refractivity contribution in [1.82, 2.24) is 0 Å². The van der Waals surface area contributed by atoms with E-state index in [1.54, 1.807) is 0 Å². The molecule has 54 heavy (non-hydrogen) atoms. The summed E-state index contributed by atoms with van der Waals surface area (Å²) in [6.07, 6.45) is 10.2. The van der Waals surface area contributed by atoms with Gasteiger partial charge >= 0.3 is 0 Å². The van der Waals surface area contributed by atoms with Gasteiger partial charge in [-0.15, -0.1) is 0 Å². The molecule has 0 amide bonds. The van der Waals surface area contributed by atoms with Gasteiger partial charge in [-0.25, -0.2) is 0 Å². The highest BCUT2D eigenvalue weighted by Gasteiger charge is 2.32. The van der Waals surface area contributed by atoms with Crippen molar-refractivity contribution < 1.29 is 0 Å². The lowest BCUT2D eigenvalue weighted by atomic mass is 9.79. The van der Waals surface area contributed by atoms with Crippen molar-refractivity contribution >= 4 is 44.5 Å². The van der Waals surface area contributed by atoms with Crippen molar-refractivity contribution in [2.45, 2.75) is 12.3 Å². The molecule has 1 atom stereocenters. The van der Waals surface area contributed by atoms with Crippen molar-refractivity contribution in [3.8, 4) is 44.5 Å². The van der Waals surface area contributed by atoms with Crippen LogP contribution in [0.15, 0.2) is 188 Å². The van der Waals surface area contributed by atoms with Gasteiger partial charge < -0.3 is 0 Å². The van der Waals surface area contributed by atoms with E-state index in [2.05, 4.69) is 200 Å². The fraction of sp³-hybridized carbons (Fsp3) is 0.0370. The Bertz CT molecular complexity index is 2930. The predicted molar refractivity (Wildman–Crippen MR) is 231 cm³/mol. The van der Waals surface area contributed by atoms with Crippen LogP contribution in [0.3, 0.4) is 0 Å². The quantitative estimate of drug-likeness (QED) is 0.0962. The third-order valence-electron chi connectivity index (χ3n) is 11.8. The van der Waals surface area contributed by atoms with Crippen LogP contribution in [0.4, 0.5) is 0 Å². The maximum absolute atomic E-state index is 2.42. The molecule has 0 N–H and O–H groups in total. The van der Waals surface area contributed by atoms with Crippen LogP contribution in [0.1, 0.15) is 33.7 Å². The molecule has 0 saturated heterocycles. The summed E-state index contributed by atoms with van der Waals surface area (Å²) < 4.78 is 0. The van der Waals surface area contributed by atoms with Crippen molar-refractivity contribution in [1.29, 1.82) is 0 Å². The highest BCUT2D eigenvalue weighted by atomic mass is 14.4. The molecule has 1 unspecified atom stereocenters. The number of fused-ring (bicyclic) bond motifs is 6. The van der Waals surface area contributed by atoms with Crippen LogP contribution in [0, 0.1) is 0 Å². The van der Waals surface area contributed by atoms with E-state index in [1.807, 2.05) is 0 Å². The van der Waals surface area contributed by atoms with Gasteiger partial charge in [0.15, 0.2) is 0 Å². The maximum atomic E-state index is 2.42. The Morgan fingerprint density at radius 1 is 0.389 bits per heavy atom. The molecule has 0 nitrogen and oxygen atoms in total. The van der Waals surface area contributed by atoms with Gasteiger partial charge in [-0.05, 0) is 111 Å². The van der Waals surface area contributed by atoms with Crippen LogP contribution >= 0.6 is 0 Å². The van der Waals surface area contributed by atoms with E-state index in [4.69, 9.17) is 0 Å². The summed E-state index contributed by atoms with van der Waals surface area (Å²) in [5.41, 5.74) is 17.3. The van der Waals surface area contributed by atoms with E-state index in [0.717, 1.165) is 6.42 Å². The molecule has 0 radical (unpaired) electrons. The van der Waals surface area contributed by atoms with Gasteiger partial charge in [0.05, 0.1) is 0 Å². The lowest BCUT2D eigenvalue weighted by Gasteiger charge is -2.24. The minimum Gasteiger partial charge on any atom is -0.0832 e. The van der Waals surface area contributed by atoms with E-state index in [1.165, 1.54) is 105 Å². The molecule has 0 aliphatic heterocycles. The SMILES string of the molecule is C1=CC2c3ccccc3-c3ccc(-c4c5ccccc5c(-c5ccc(C=Cc6ccc(-c7cccc8ccccc78)cc6)cc5)c5ccccc45)c(c32)C1. The normalized spacial score (nSPS) is 14.3. The van der Waals surface area contributed by atoms with Crippen LogP contribution in [0.25, 0.3) is 89.0 Å². The Kier molecular flexibility index (Phi) is 7.10. The second-order valence-corrected chi connectivity index (χ2v) is 14.7. The first kappa shape index (κ1) is 30.8. The number of rotatable bonds is 5. The zero-order chi connectivity index (χ0) is 35.6. The third-order valence-corrected chi connectivity index (χ3v) is 11.8. The van der Waals surface area contributed by atoms with Gasteiger partial charge in [0.25, 0.3) is 0 Å². The molecule has 9 aromatic carbocycles. The van der Waals surface area contributed by atoms with Gasteiger partial charge in [-0.2, -0.15) is 0 Å². The summed E-state index contributed by atoms with van der Waals surface area (Å²) >= 11 is 0. The zero-order valence-corrected chi connectivity index (χ0v) is 29.8. The standard InChI is InChI=1S/C54H36/c1-2-13-40-37(11-1)12-9-20-41(40)38-29-25-35(26-30-38)23-24-36-27-31-39(32-28-36)52-45-16-5-7-18-47(45)54(48-19-8-6-17-46(48)52)51-34-33-50-43-15-4-3-14-42(43)44-21-10-22-49(51)53(44)50/h1-21,23-34,44H,22H2. The molecule has 9 aromatic rings. The maximum Gasteiger partial charge on any atom is 0.0285 e. The van der Waals surface area contributed by atoms with Gasteiger partial charge in [-0.1, -0.05) is 200 Å². The fourth-order valence-electron chi connectivity index (χ4n) is 9.33. The second-order valence-electron chi connectivity index (χ2n) is 14.7. The zero-order valence-electron chi connectivity index (χ0n) is 29.8. The molecule has 0 heteroatoms. The average Bonchev–Trinajstić information content (AvgIpc) is 3.57. The number of benzene rings is 9. The third kappa shape index (κ3) is 4.84. The Labute approximate surface area is 316 Å². The Hall–Kier alpha value is -6.76. The van der Waals surface area contributed by atoms with Gasteiger partial charge in [0.2, 0.25) is 0 Å². The highest BCUT2D eigenvalue weighted by Crippen LogP contribution is 2.53. The van der Waals surface area contributed by atoms with Gasteiger partial charge in [0.1, 0.15) is 0 Å². The summed E-state index contributed by atoms with van der Waals surface area (Å²) in [6, 6.07) is 64.9. The van der Waals surface area contributed by atoms with E-state index in [9.17, 15) is 0 Å². The first-order valence-corrected chi connectivity index (χ1v) is 19.0.